The van der Waals surface area contributed by atoms with Gasteiger partial charge in [-0.2, -0.15) is 0 Å². The molecule has 1 amide bonds. The van der Waals surface area contributed by atoms with E-state index in [9.17, 15) is 13.2 Å². The van der Waals surface area contributed by atoms with Crippen molar-refractivity contribution >= 4 is 38.8 Å². The normalized spacial score (nSPS) is 18.8. The van der Waals surface area contributed by atoms with Gasteiger partial charge in [-0.3, -0.25) is 4.79 Å². The van der Waals surface area contributed by atoms with Crippen molar-refractivity contribution in [1.29, 1.82) is 0 Å². The lowest BCUT2D eigenvalue weighted by atomic mass is 10.0. The van der Waals surface area contributed by atoms with Crippen LogP contribution in [0.15, 0.2) is 24.3 Å². The van der Waals surface area contributed by atoms with Gasteiger partial charge >= 0.3 is 0 Å². The zero-order valence-electron chi connectivity index (χ0n) is 14.5. The van der Waals surface area contributed by atoms with Crippen LogP contribution in [0.2, 0.25) is 0 Å². The first-order valence-corrected chi connectivity index (χ1v) is 10.6. The summed E-state index contributed by atoms with van der Waals surface area (Å²) in [7, 11) is -2.98. The monoisotopic (exact) mass is 383 g/mol. The van der Waals surface area contributed by atoms with E-state index >= 15 is 0 Å². The van der Waals surface area contributed by atoms with Crippen molar-refractivity contribution in [3.05, 3.63) is 29.8 Å². The van der Waals surface area contributed by atoms with Crippen LogP contribution in [0.25, 0.3) is 0 Å². The summed E-state index contributed by atoms with van der Waals surface area (Å²) in [5.41, 5.74) is 2.15. The van der Waals surface area contributed by atoms with E-state index in [1.54, 1.807) is 0 Å². The molecule has 138 valence electrons. The highest BCUT2D eigenvalue weighted by Gasteiger charge is 2.28. The number of thiocarbonyl (C=S) groups is 1. The quantitative estimate of drug-likeness (QED) is 0.649. The predicted octanol–water partition coefficient (Wildman–Crippen LogP) is 1.79. The minimum Gasteiger partial charge on any atom is -0.362 e. The van der Waals surface area contributed by atoms with Crippen LogP contribution >= 0.6 is 12.2 Å². The molecule has 0 radical (unpaired) electrons. The Hall–Kier alpha value is -1.67. The van der Waals surface area contributed by atoms with Crippen molar-refractivity contribution in [3.63, 3.8) is 0 Å². The smallest absolute Gasteiger partial charge is 0.222 e. The Labute approximate surface area is 154 Å². The molecule has 3 N–H and O–H groups in total. The van der Waals surface area contributed by atoms with Gasteiger partial charge in [0.2, 0.25) is 5.91 Å². The van der Waals surface area contributed by atoms with Gasteiger partial charge in [0.05, 0.1) is 11.5 Å². The van der Waals surface area contributed by atoms with E-state index in [1.807, 2.05) is 12.1 Å². The van der Waals surface area contributed by atoms with E-state index in [1.165, 1.54) is 5.56 Å². The SMILES string of the molecule is CC(C)c1ccc(NC(=S)NCCC(=O)NC2CCS(=O)(=O)C2)cc1. The number of hydrogen-bond donors (Lipinski definition) is 3. The Morgan fingerprint density at radius 2 is 1.96 bits per heavy atom. The maximum atomic E-state index is 11.8. The number of anilines is 1. The molecule has 1 aliphatic rings. The highest BCUT2D eigenvalue weighted by molar-refractivity contribution is 7.91. The highest BCUT2D eigenvalue weighted by Crippen LogP contribution is 2.17. The Balaban J connectivity index is 1.67. The van der Waals surface area contributed by atoms with Crippen LogP contribution in [-0.4, -0.2) is 43.5 Å². The maximum Gasteiger partial charge on any atom is 0.222 e. The molecular formula is C17H25N3O3S2. The van der Waals surface area contributed by atoms with E-state index < -0.39 is 9.84 Å². The van der Waals surface area contributed by atoms with Crippen molar-refractivity contribution in [3.8, 4) is 0 Å². The number of rotatable bonds is 6. The molecule has 1 aromatic rings. The molecule has 1 unspecified atom stereocenters. The summed E-state index contributed by atoms with van der Waals surface area (Å²) < 4.78 is 22.7. The van der Waals surface area contributed by atoms with Crippen molar-refractivity contribution in [2.45, 2.75) is 38.6 Å². The molecule has 1 atom stereocenters. The van der Waals surface area contributed by atoms with Crippen LogP contribution < -0.4 is 16.0 Å². The molecule has 0 aromatic heterocycles. The Bertz CT molecular complexity index is 715. The lowest BCUT2D eigenvalue weighted by molar-refractivity contribution is -0.121. The fraction of sp³-hybridized carbons (Fsp3) is 0.529. The highest BCUT2D eigenvalue weighted by atomic mass is 32.2. The first-order chi connectivity index (χ1) is 11.7. The first kappa shape index (κ1) is 19.7. The molecule has 0 bridgehead atoms. The van der Waals surface area contributed by atoms with Gasteiger partial charge in [-0.25, -0.2) is 8.42 Å². The number of carbonyl (C=O) groups excluding carboxylic acids is 1. The molecule has 1 aliphatic heterocycles. The van der Waals surface area contributed by atoms with Gasteiger partial charge < -0.3 is 16.0 Å². The average molecular weight is 384 g/mol. The zero-order valence-corrected chi connectivity index (χ0v) is 16.2. The molecule has 1 saturated heterocycles. The molecule has 25 heavy (non-hydrogen) atoms. The molecular weight excluding hydrogens is 358 g/mol. The summed E-state index contributed by atoms with van der Waals surface area (Å²) in [4.78, 5) is 11.8. The number of amides is 1. The number of benzene rings is 1. The second-order valence-corrected chi connectivity index (χ2v) is 9.21. The zero-order chi connectivity index (χ0) is 18.4. The lowest BCUT2D eigenvalue weighted by Crippen LogP contribution is -2.38. The van der Waals surface area contributed by atoms with Crippen LogP contribution in [0.4, 0.5) is 5.69 Å². The van der Waals surface area contributed by atoms with Crippen molar-refractivity contribution < 1.29 is 13.2 Å². The minimum absolute atomic E-state index is 0.0402. The molecule has 1 aromatic carbocycles. The minimum atomic E-state index is -2.98. The third-order valence-electron chi connectivity index (χ3n) is 4.07. The van der Waals surface area contributed by atoms with Crippen molar-refractivity contribution in [2.24, 2.45) is 0 Å². The van der Waals surface area contributed by atoms with Gasteiger partial charge in [0.25, 0.3) is 0 Å². The largest absolute Gasteiger partial charge is 0.362 e. The number of hydrogen-bond acceptors (Lipinski definition) is 4. The van der Waals surface area contributed by atoms with Gasteiger partial charge in [0.15, 0.2) is 14.9 Å². The number of nitrogens with one attached hydrogen (secondary N) is 3. The predicted molar refractivity (Wildman–Crippen MR) is 105 cm³/mol. The van der Waals surface area contributed by atoms with Gasteiger partial charge in [-0.15, -0.1) is 0 Å². The Morgan fingerprint density at radius 3 is 2.52 bits per heavy atom. The lowest BCUT2D eigenvalue weighted by Gasteiger charge is -2.13. The van der Waals surface area contributed by atoms with Crippen molar-refractivity contribution in [2.75, 3.05) is 23.4 Å². The van der Waals surface area contributed by atoms with Gasteiger partial charge in [0, 0.05) is 24.7 Å². The molecule has 0 spiro atoms. The van der Waals surface area contributed by atoms with Gasteiger partial charge in [-0.05, 0) is 42.3 Å². The summed E-state index contributed by atoms with van der Waals surface area (Å²) >= 11 is 5.21. The van der Waals surface area contributed by atoms with Crippen LogP contribution in [0.3, 0.4) is 0 Å². The summed E-state index contributed by atoms with van der Waals surface area (Å²) in [6.45, 7) is 4.67. The van der Waals surface area contributed by atoms with E-state index in [4.69, 9.17) is 12.2 Å². The second kappa shape index (κ2) is 8.62. The van der Waals surface area contributed by atoms with Crippen LogP contribution in [0, 0.1) is 0 Å². The standard InChI is InChI=1S/C17H25N3O3S2/c1-12(2)13-3-5-14(6-4-13)20-17(24)18-9-7-16(21)19-15-8-10-25(22,23)11-15/h3-6,12,15H,7-11H2,1-2H3,(H,19,21)(H2,18,20,24). The third kappa shape index (κ3) is 6.62. The van der Waals surface area contributed by atoms with Gasteiger partial charge in [-0.1, -0.05) is 26.0 Å². The maximum absolute atomic E-state index is 11.8. The molecule has 1 heterocycles. The molecule has 8 heteroatoms. The van der Waals surface area contributed by atoms with Crippen LogP contribution in [0.1, 0.15) is 38.2 Å². The third-order valence-corrected chi connectivity index (χ3v) is 6.08. The van der Waals surface area contributed by atoms with Gasteiger partial charge in [0.1, 0.15) is 0 Å². The summed E-state index contributed by atoms with van der Waals surface area (Å²) in [6, 6.07) is 7.78. The fourth-order valence-corrected chi connectivity index (χ4v) is 4.52. The average Bonchev–Trinajstić information content (AvgIpc) is 2.86. The Kier molecular flexibility index (Phi) is 6.78. The van der Waals surface area contributed by atoms with E-state index in [0.717, 1.165) is 5.69 Å². The summed E-state index contributed by atoms with van der Waals surface area (Å²) in [5, 5.41) is 9.26. The molecule has 1 fully saturated rings. The van der Waals surface area contributed by atoms with Crippen molar-refractivity contribution in [1.82, 2.24) is 10.6 Å². The second-order valence-electron chi connectivity index (χ2n) is 6.58. The van der Waals surface area contributed by atoms with E-state index in [2.05, 4.69) is 41.9 Å². The van der Waals surface area contributed by atoms with E-state index in [-0.39, 0.29) is 29.9 Å². The molecule has 2 rings (SSSR count). The fourth-order valence-electron chi connectivity index (χ4n) is 2.62. The summed E-state index contributed by atoms with van der Waals surface area (Å²) in [5.74, 6) is 0.504. The van der Waals surface area contributed by atoms with Crippen LogP contribution in [0.5, 0.6) is 0 Å². The van der Waals surface area contributed by atoms with E-state index in [0.29, 0.717) is 24.0 Å². The summed E-state index contributed by atoms with van der Waals surface area (Å²) in [6.07, 6.45) is 0.735. The Morgan fingerprint density at radius 1 is 1.28 bits per heavy atom. The first-order valence-electron chi connectivity index (χ1n) is 8.40. The topological polar surface area (TPSA) is 87.3 Å². The van der Waals surface area contributed by atoms with Crippen LogP contribution in [-0.2, 0) is 14.6 Å². The molecule has 6 nitrogen and oxygen atoms in total. The molecule has 0 saturated carbocycles. The number of carbonyl (C=O) groups is 1. The number of sulfone groups is 1. The molecule has 0 aliphatic carbocycles.